The van der Waals surface area contributed by atoms with Crippen molar-refractivity contribution in [1.82, 2.24) is 0 Å². The lowest BCUT2D eigenvalue weighted by Crippen LogP contribution is -2.21. The molecule has 20 heavy (non-hydrogen) atoms. The zero-order valence-corrected chi connectivity index (χ0v) is 13.5. The Labute approximate surface area is 130 Å². The van der Waals surface area contributed by atoms with Gasteiger partial charge in [0.1, 0.15) is 0 Å². The van der Waals surface area contributed by atoms with Crippen LogP contribution in [0.15, 0.2) is 52.3 Å². The number of hydrogen-bond donors (Lipinski definition) is 1. The summed E-state index contributed by atoms with van der Waals surface area (Å²) in [6.45, 7) is 4.22. The minimum atomic E-state index is 0.185. The van der Waals surface area contributed by atoms with Crippen LogP contribution in [0.2, 0.25) is 5.02 Å². The molecule has 0 amide bonds. The molecule has 0 aliphatic rings. The zero-order valence-electron chi connectivity index (χ0n) is 11.9. The van der Waals surface area contributed by atoms with Crippen molar-refractivity contribution < 1.29 is 0 Å². The van der Waals surface area contributed by atoms with Crippen molar-refractivity contribution in [2.45, 2.75) is 42.5 Å². The number of nitrogens with two attached hydrogens (primary N) is 1. The summed E-state index contributed by atoms with van der Waals surface area (Å²) in [5.74, 6) is 0. The molecule has 1 unspecified atom stereocenters. The minimum Gasteiger partial charge on any atom is -0.327 e. The number of hydrogen-bond acceptors (Lipinski definition) is 2. The molecule has 0 aromatic heterocycles. The van der Waals surface area contributed by atoms with E-state index in [1.165, 1.54) is 20.9 Å². The lowest BCUT2D eigenvalue weighted by molar-refractivity contribution is 0.641. The van der Waals surface area contributed by atoms with E-state index in [4.69, 9.17) is 17.3 Å². The van der Waals surface area contributed by atoms with Gasteiger partial charge in [0.2, 0.25) is 0 Å². The summed E-state index contributed by atoms with van der Waals surface area (Å²) in [4.78, 5) is 2.49. The predicted octanol–water partition coefficient (Wildman–Crippen LogP) is 5.08. The number of benzene rings is 2. The van der Waals surface area contributed by atoms with Crippen LogP contribution in [0.25, 0.3) is 0 Å². The van der Waals surface area contributed by atoms with Crippen LogP contribution in [0.3, 0.4) is 0 Å². The summed E-state index contributed by atoms with van der Waals surface area (Å²) in [6, 6.07) is 14.8. The average Bonchev–Trinajstić information content (AvgIpc) is 2.42. The highest BCUT2D eigenvalue weighted by molar-refractivity contribution is 7.99. The van der Waals surface area contributed by atoms with Crippen LogP contribution in [-0.2, 0) is 6.42 Å². The van der Waals surface area contributed by atoms with Crippen LogP contribution < -0.4 is 5.73 Å². The van der Waals surface area contributed by atoms with Crippen LogP contribution in [0.1, 0.15) is 24.5 Å². The van der Waals surface area contributed by atoms with Gasteiger partial charge in [-0.1, -0.05) is 48.0 Å². The highest BCUT2D eigenvalue weighted by Crippen LogP contribution is 2.33. The molecule has 0 heterocycles. The molecule has 0 aliphatic heterocycles. The van der Waals surface area contributed by atoms with Crippen molar-refractivity contribution in [2.24, 2.45) is 5.73 Å². The maximum absolute atomic E-state index is 6.12. The molecular weight excluding hydrogens is 286 g/mol. The van der Waals surface area contributed by atoms with Gasteiger partial charge in [0, 0.05) is 20.9 Å². The second kappa shape index (κ2) is 7.16. The Kier molecular flexibility index (Phi) is 5.53. The van der Waals surface area contributed by atoms with Crippen LogP contribution in [0.5, 0.6) is 0 Å². The molecule has 0 bridgehead atoms. The van der Waals surface area contributed by atoms with Gasteiger partial charge in [0.25, 0.3) is 0 Å². The molecule has 0 fully saturated rings. The Morgan fingerprint density at radius 3 is 2.70 bits per heavy atom. The van der Waals surface area contributed by atoms with E-state index < -0.39 is 0 Å². The van der Waals surface area contributed by atoms with Gasteiger partial charge in [-0.2, -0.15) is 0 Å². The Balaban J connectivity index is 2.26. The van der Waals surface area contributed by atoms with Gasteiger partial charge in [0.15, 0.2) is 0 Å². The van der Waals surface area contributed by atoms with Gasteiger partial charge in [-0.15, -0.1) is 0 Å². The quantitative estimate of drug-likeness (QED) is 0.833. The molecular formula is C17H20ClNS. The molecule has 2 rings (SSSR count). The first kappa shape index (κ1) is 15.4. The van der Waals surface area contributed by atoms with Gasteiger partial charge >= 0.3 is 0 Å². The third-order valence-electron chi connectivity index (χ3n) is 3.25. The van der Waals surface area contributed by atoms with E-state index in [1.54, 1.807) is 11.8 Å². The fourth-order valence-electron chi connectivity index (χ4n) is 2.04. The summed E-state index contributed by atoms with van der Waals surface area (Å²) < 4.78 is 0. The molecule has 106 valence electrons. The van der Waals surface area contributed by atoms with E-state index in [1.807, 2.05) is 12.1 Å². The largest absolute Gasteiger partial charge is 0.327 e. The normalized spacial score (nSPS) is 12.4. The SMILES string of the molecule is CCC(N)Cc1cc(Cl)ccc1Sc1cccc(C)c1. The van der Waals surface area contributed by atoms with Crippen LogP contribution >= 0.6 is 23.4 Å². The van der Waals surface area contributed by atoms with E-state index in [0.29, 0.717) is 0 Å². The Morgan fingerprint density at radius 2 is 2.00 bits per heavy atom. The lowest BCUT2D eigenvalue weighted by atomic mass is 10.0. The fourth-order valence-corrected chi connectivity index (χ4v) is 3.29. The Morgan fingerprint density at radius 1 is 1.20 bits per heavy atom. The molecule has 1 atom stereocenters. The first-order valence-corrected chi connectivity index (χ1v) is 8.06. The van der Waals surface area contributed by atoms with Crippen molar-refractivity contribution in [3.8, 4) is 0 Å². The van der Waals surface area contributed by atoms with Gasteiger partial charge < -0.3 is 5.73 Å². The maximum Gasteiger partial charge on any atom is 0.0409 e. The molecule has 3 heteroatoms. The first-order valence-electron chi connectivity index (χ1n) is 6.87. The third kappa shape index (κ3) is 4.27. The molecule has 0 saturated carbocycles. The van der Waals surface area contributed by atoms with Crippen LogP contribution in [-0.4, -0.2) is 6.04 Å². The smallest absolute Gasteiger partial charge is 0.0409 e. The summed E-state index contributed by atoms with van der Waals surface area (Å²) in [7, 11) is 0. The van der Waals surface area contributed by atoms with Gasteiger partial charge in [-0.05, 0) is 55.7 Å². The number of halogens is 1. The highest BCUT2D eigenvalue weighted by atomic mass is 35.5. The minimum absolute atomic E-state index is 0.185. The van der Waals surface area contributed by atoms with E-state index in [2.05, 4.69) is 44.2 Å². The van der Waals surface area contributed by atoms with E-state index in [9.17, 15) is 0 Å². The van der Waals surface area contributed by atoms with Crippen molar-refractivity contribution in [1.29, 1.82) is 0 Å². The molecule has 1 nitrogen and oxygen atoms in total. The maximum atomic E-state index is 6.12. The Bertz CT molecular complexity index is 583. The third-order valence-corrected chi connectivity index (χ3v) is 4.59. The number of aryl methyl sites for hydroxylation is 1. The average molecular weight is 306 g/mol. The standard InChI is InChI=1S/C17H20ClNS/c1-3-15(19)11-13-10-14(18)7-8-17(13)20-16-6-4-5-12(2)9-16/h4-10,15H,3,11,19H2,1-2H3. The molecule has 0 saturated heterocycles. The van der Waals surface area contributed by atoms with E-state index >= 15 is 0 Å². The predicted molar refractivity (Wildman–Crippen MR) is 88.7 cm³/mol. The topological polar surface area (TPSA) is 26.0 Å². The summed E-state index contributed by atoms with van der Waals surface area (Å²) in [5.41, 5.74) is 8.60. The van der Waals surface area contributed by atoms with Crippen molar-refractivity contribution >= 4 is 23.4 Å². The second-order valence-electron chi connectivity index (χ2n) is 5.04. The molecule has 0 aliphatic carbocycles. The molecule has 2 aromatic rings. The molecule has 0 spiro atoms. The van der Waals surface area contributed by atoms with Gasteiger partial charge in [-0.3, -0.25) is 0 Å². The van der Waals surface area contributed by atoms with Gasteiger partial charge in [-0.25, -0.2) is 0 Å². The highest BCUT2D eigenvalue weighted by Gasteiger charge is 2.09. The summed E-state index contributed by atoms with van der Waals surface area (Å²) >= 11 is 7.90. The Hall–Kier alpha value is -0.960. The monoisotopic (exact) mass is 305 g/mol. The summed E-state index contributed by atoms with van der Waals surface area (Å²) in [5, 5.41) is 0.775. The fraction of sp³-hybridized carbons (Fsp3) is 0.294. The van der Waals surface area contributed by atoms with Crippen LogP contribution in [0.4, 0.5) is 0 Å². The molecule has 2 N–H and O–H groups in total. The van der Waals surface area contributed by atoms with Crippen molar-refractivity contribution in [3.05, 3.63) is 58.6 Å². The second-order valence-corrected chi connectivity index (χ2v) is 6.59. The van der Waals surface area contributed by atoms with Crippen LogP contribution in [0, 0.1) is 6.92 Å². The molecule has 0 radical (unpaired) electrons. The number of rotatable bonds is 5. The first-order chi connectivity index (χ1) is 9.58. The zero-order chi connectivity index (χ0) is 14.5. The van der Waals surface area contributed by atoms with Gasteiger partial charge in [0.05, 0.1) is 0 Å². The van der Waals surface area contributed by atoms with Crippen molar-refractivity contribution in [3.63, 3.8) is 0 Å². The summed E-state index contributed by atoms with van der Waals surface area (Å²) in [6.07, 6.45) is 1.84. The van der Waals surface area contributed by atoms with E-state index in [-0.39, 0.29) is 6.04 Å². The van der Waals surface area contributed by atoms with E-state index in [0.717, 1.165) is 17.9 Å². The van der Waals surface area contributed by atoms with Crippen molar-refractivity contribution in [2.75, 3.05) is 0 Å². The molecule has 2 aromatic carbocycles. The lowest BCUT2D eigenvalue weighted by Gasteiger charge is -2.14.